The van der Waals surface area contributed by atoms with Crippen molar-refractivity contribution in [3.8, 4) is 22.6 Å². The molecule has 0 atom stereocenters. The largest absolute Gasteiger partial charge is 0.425 e. The van der Waals surface area contributed by atoms with E-state index in [0.29, 0.717) is 24.3 Å². The van der Waals surface area contributed by atoms with Gasteiger partial charge in [0.1, 0.15) is 11.5 Å². The van der Waals surface area contributed by atoms with Crippen molar-refractivity contribution in [3.05, 3.63) is 97.1 Å². The molecule has 0 aliphatic carbocycles. The monoisotopic (exact) mass is 610 g/mol. The van der Waals surface area contributed by atoms with Crippen LogP contribution in [-0.4, -0.2) is 11.9 Å². The van der Waals surface area contributed by atoms with E-state index in [1.807, 2.05) is 72.8 Å². The third kappa shape index (κ3) is 6.35. The first-order valence-corrected chi connectivity index (χ1v) is 16.9. The van der Waals surface area contributed by atoms with Gasteiger partial charge >= 0.3 is 11.9 Å². The van der Waals surface area contributed by atoms with Crippen LogP contribution in [0.5, 0.6) is 11.5 Å². The zero-order valence-corrected chi connectivity index (χ0v) is 26.9. The van der Waals surface area contributed by atoms with Crippen molar-refractivity contribution in [1.29, 1.82) is 0 Å². The van der Waals surface area contributed by atoms with E-state index in [2.05, 4.69) is 38.1 Å². The topological polar surface area (TPSA) is 52.6 Å². The summed E-state index contributed by atoms with van der Waals surface area (Å²) in [6.07, 6.45) is 8.99. The molecule has 0 aliphatic rings. The number of fused-ring (bicyclic) bond motifs is 4. The quantitative estimate of drug-likeness (QED) is 0.0565. The summed E-state index contributed by atoms with van der Waals surface area (Å²) >= 11 is 0. The van der Waals surface area contributed by atoms with Crippen LogP contribution in [0.3, 0.4) is 0 Å². The number of benzene rings is 6. The van der Waals surface area contributed by atoms with Gasteiger partial charge in [0.05, 0.1) is 0 Å². The molecule has 0 spiro atoms. The fourth-order valence-electron chi connectivity index (χ4n) is 6.66. The number of carbonyl (C=O) groups excluding carboxylic acids is 2. The number of hydrogen-bond donors (Lipinski definition) is 0. The number of rotatable bonds is 13. The predicted octanol–water partition coefficient (Wildman–Crippen LogP) is 11.7. The van der Waals surface area contributed by atoms with Gasteiger partial charge in [-0.25, -0.2) is 0 Å². The Morgan fingerprint density at radius 3 is 0.978 bits per heavy atom. The summed E-state index contributed by atoms with van der Waals surface area (Å²) in [5.74, 6) is 0.821. The highest BCUT2D eigenvalue weighted by atomic mass is 16.5. The maximum atomic E-state index is 13.1. The molecule has 234 valence electrons. The highest BCUT2D eigenvalue weighted by Crippen LogP contribution is 2.49. The van der Waals surface area contributed by atoms with Crippen LogP contribution < -0.4 is 9.47 Å². The Kier molecular flexibility index (Phi) is 9.93. The Morgan fingerprint density at radius 2 is 0.696 bits per heavy atom. The van der Waals surface area contributed by atoms with E-state index in [-0.39, 0.29) is 11.9 Å². The van der Waals surface area contributed by atoms with Crippen LogP contribution in [0.2, 0.25) is 0 Å². The Bertz CT molecular complexity index is 1760. The minimum absolute atomic E-state index is 0.198. The van der Waals surface area contributed by atoms with Gasteiger partial charge in [-0.15, -0.1) is 0 Å². The highest BCUT2D eigenvalue weighted by Gasteiger charge is 2.23. The van der Waals surface area contributed by atoms with Gasteiger partial charge in [-0.2, -0.15) is 0 Å². The SMILES string of the molecule is CCCCCCC(=O)Oc1c2ccccc2c(-c2c3ccccc3c(OC(=O)CCCCCC)c3ccccc23)c2ccccc12. The van der Waals surface area contributed by atoms with E-state index in [4.69, 9.17) is 9.47 Å². The van der Waals surface area contributed by atoms with Gasteiger partial charge in [-0.05, 0) is 45.5 Å². The molecule has 46 heavy (non-hydrogen) atoms. The number of carbonyl (C=O) groups is 2. The van der Waals surface area contributed by atoms with Crippen molar-refractivity contribution >= 4 is 55.0 Å². The fourth-order valence-corrected chi connectivity index (χ4v) is 6.66. The van der Waals surface area contributed by atoms with Crippen molar-refractivity contribution in [2.45, 2.75) is 78.1 Å². The summed E-state index contributed by atoms with van der Waals surface area (Å²) in [6.45, 7) is 4.33. The van der Waals surface area contributed by atoms with Crippen LogP contribution in [0.4, 0.5) is 0 Å². The number of unbranched alkanes of at least 4 members (excludes halogenated alkanes) is 6. The Balaban J connectivity index is 1.56. The summed E-state index contributed by atoms with van der Waals surface area (Å²) in [5.41, 5.74) is 2.14. The second-order valence-electron chi connectivity index (χ2n) is 12.2. The molecule has 0 aromatic heterocycles. The van der Waals surface area contributed by atoms with Gasteiger partial charge in [-0.3, -0.25) is 9.59 Å². The molecule has 0 amide bonds. The summed E-state index contributed by atoms with van der Waals surface area (Å²) in [6, 6.07) is 32.8. The van der Waals surface area contributed by atoms with E-state index in [0.717, 1.165) is 106 Å². The van der Waals surface area contributed by atoms with Crippen molar-refractivity contribution in [3.63, 3.8) is 0 Å². The lowest BCUT2D eigenvalue weighted by atomic mass is 9.85. The zero-order chi connectivity index (χ0) is 31.9. The lowest BCUT2D eigenvalue weighted by Gasteiger charge is -2.21. The Labute approximate surface area is 271 Å². The molecule has 0 radical (unpaired) electrons. The molecule has 6 aromatic carbocycles. The molecule has 0 aliphatic heterocycles. The van der Waals surface area contributed by atoms with Crippen molar-refractivity contribution in [1.82, 2.24) is 0 Å². The molecule has 0 heterocycles. The molecule has 0 fully saturated rings. The zero-order valence-electron chi connectivity index (χ0n) is 26.9. The predicted molar refractivity (Wildman–Crippen MR) is 191 cm³/mol. The Morgan fingerprint density at radius 1 is 0.413 bits per heavy atom. The molecule has 4 heteroatoms. The molecular weight excluding hydrogens is 568 g/mol. The average Bonchev–Trinajstić information content (AvgIpc) is 3.09. The van der Waals surface area contributed by atoms with Gasteiger partial charge in [0.15, 0.2) is 0 Å². The van der Waals surface area contributed by atoms with Gasteiger partial charge < -0.3 is 9.47 Å². The first kappa shape index (κ1) is 31.3. The van der Waals surface area contributed by atoms with Crippen LogP contribution in [-0.2, 0) is 9.59 Å². The lowest BCUT2D eigenvalue weighted by Crippen LogP contribution is -2.09. The van der Waals surface area contributed by atoms with Crippen molar-refractivity contribution in [2.75, 3.05) is 0 Å². The summed E-state index contributed by atoms with van der Waals surface area (Å²) in [4.78, 5) is 26.3. The van der Waals surface area contributed by atoms with Crippen LogP contribution in [0.15, 0.2) is 97.1 Å². The molecule has 0 unspecified atom stereocenters. The molecular formula is C42H42O4. The summed E-state index contributed by atoms with van der Waals surface area (Å²) < 4.78 is 12.4. The van der Waals surface area contributed by atoms with E-state index in [1.165, 1.54) is 0 Å². The van der Waals surface area contributed by atoms with Gasteiger partial charge in [-0.1, -0.05) is 149 Å². The first-order valence-electron chi connectivity index (χ1n) is 16.9. The summed E-state index contributed by atoms with van der Waals surface area (Å²) in [5, 5.41) is 7.61. The first-order chi connectivity index (χ1) is 22.6. The number of ether oxygens (including phenoxy) is 2. The summed E-state index contributed by atoms with van der Waals surface area (Å²) in [7, 11) is 0. The van der Waals surface area contributed by atoms with Crippen LogP contribution in [0.1, 0.15) is 78.1 Å². The standard InChI is InChI=1S/C42H42O4/c1-3-5-7-9-27-37(43)45-41-33-23-15-11-19-29(33)39(30-20-12-16-24-34(30)41)40-31-21-13-17-25-35(31)42(36-26-18-14-22-32(36)40)46-38(44)28-10-8-6-4-2/h11-26H,3-10,27-28H2,1-2H3. The van der Waals surface area contributed by atoms with E-state index < -0.39 is 0 Å². The molecule has 6 aromatic rings. The fraction of sp³-hybridized carbons (Fsp3) is 0.286. The minimum Gasteiger partial charge on any atom is -0.425 e. The maximum Gasteiger partial charge on any atom is 0.311 e. The lowest BCUT2D eigenvalue weighted by molar-refractivity contribution is -0.135. The van der Waals surface area contributed by atoms with E-state index in [1.54, 1.807) is 0 Å². The highest BCUT2D eigenvalue weighted by molar-refractivity contribution is 6.27. The minimum atomic E-state index is -0.198. The molecule has 0 saturated heterocycles. The Hall–Kier alpha value is -4.70. The number of hydrogen-bond acceptors (Lipinski definition) is 4. The molecule has 0 N–H and O–H groups in total. The van der Waals surface area contributed by atoms with Crippen LogP contribution >= 0.6 is 0 Å². The van der Waals surface area contributed by atoms with E-state index in [9.17, 15) is 9.59 Å². The van der Waals surface area contributed by atoms with Crippen LogP contribution in [0.25, 0.3) is 54.2 Å². The molecule has 6 rings (SSSR count). The van der Waals surface area contributed by atoms with Crippen molar-refractivity contribution in [2.24, 2.45) is 0 Å². The molecule has 0 bridgehead atoms. The molecule has 4 nitrogen and oxygen atoms in total. The number of esters is 2. The van der Waals surface area contributed by atoms with Gasteiger partial charge in [0.25, 0.3) is 0 Å². The van der Waals surface area contributed by atoms with Gasteiger partial charge in [0, 0.05) is 34.4 Å². The average molecular weight is 611 g/mol. The second kappa shape index (κ2) is 14.6. The normalized spacial score (nSPS) is 11.4. The van der Waals surface area contributed by atoms with Gasteiger partial charge in [0.2, 0.25) is 0 Å². The van der Waals surface area contributed by atoms with E-state index >= 15 is 0 Å². The van der Waals surface area contributed by atoms with Crippen LogP contribution in [0, 0.1) is 0 Å². The second-order valence-corrected chi connectivity index (χ2v) is 12.2. The maximum absolute atomic E-state index is 13.1. The smallest absolute Gasteiger partial charge is 0.311 e. The van der Waals surface area contributed by atoms with Crippen molar-refractivity contribution < 1.29 is 19.1 Å². The third-order valence-corrected chi connectivity index (χ3v) is 8.91. The molecule has 0 saturated carbocycles. The third-order valence-electron chi connectivity index (χ3n) is 8.91.